The number of rotatable bonds is 10. The lowest BCUT2D eigenvalue weighted by Crippen LogP contribution is -2.40. The number of hydrogen-bond donors (Lipinski definition) is 1. The number of nitrogens with zero attached hydrogens (tertiary/aromatic N) is 6. The minimum Gasteiger partial charge on any atom is -0.338 e. The maximum absolute atomic E-state index is 13.7. The highest BCUT2D eigenvalue weighted by atomic mass is 19.1. The molecule has 4 heterocycles. The standard InChI is InChI=1S/C35H34FN7O4/c1-2-17-42-34(46)29-31(43(35(42)47)26-13-14-26)39-30(38-29)24-10-15-28(37-21-24)41(32(44)23-8-11-25(36)12-9-23)19-5-18-40-20-16-22-6-3-4-7-27(22)33(40)45/h3-4,6-12,15,21,26H,2,5,13-14,16-20H2,1H3,(H,38,39). The van der Waals surface area contributed by atoms with E-state index in [1.165, 1.54) is 33.7 Å². The van der Waals surface area contributed by atoms with Crippen molar-refractivity contribution in [2.75, 3.05) is 24.5 Å². The molecule has 1 fully saturated rings. The molecule has 1 aliphatic carbocycles. The van der Waals surface area contributed by atoms with E-state index in [9.17, 15) is 23.6 Å². The number of benzene rings is 2. The molecular formula is C35H34FN7O4. The number of carbonyl (C=O) groups excluding carboxylic acids is 2. The number of halogens is 1. The van der Waals surface area contributed by atoms with Crippen molar-refractivity contribution in [3.05, 3.63) is 110 Å². The summed E-state index contributed by atoms with van der Waals surface area (Å²) in [5, 5.41) is 0. The molecule has 12 heteroatoms. The number of amides is 2. The van der Waals surface area contributed by atoms with Gasteiger partial charge in [0.05, 0.1) is 0 Å². The summed E-state index contributed by atoms with van der Waals surface area (Å²) in [5.74, 6) is -0.0626. The van der Waals surface area contributed by atoms with Crippen LogP contribution in [-0.4, -0.2) is 60.4 Å². The molecule has 3 aromatic heterocycles. The zero-order valence-corrected chi connectivity index (χ0v) is 26.0. The molecule has 2 aromatic carbocycles. The first kappa shape index (κ1) is 30.3. The van der Waals surface area contributed by atoms with Gasteiger partial charge < -0.3 is 9.88 Å². The largest absolute Gasteiger partial charge is 0.338 e. The summed E-state index contributed by atoms with van der Waals surface area (Å²) in [6.07, 6.45) is 5.19. The number of carbonyl (C=O) groups is 2. The van der Waals surface area contributed by atoms with E-state index in [2.05, 4.69) is 15.0 Å². The SMILES string of the molecule is CCCn1c(=O)c2[nH]c(-c3ccc(N(CCCN4CCc5ccccc5C4=O)C(=O)c4ccc(F)cc4)nc3)nc2n(C2CC2)c1=O. The van der Waals surface area contributed by atoms with E-state index in [0.717, 1.165) is 24.8 Å². The van der Waals surface area contributed by atoms with Crippen molar-refractivity contribution in [3.63, 3.8) is 0 Å². The molecular weight excluding hydrogens is 601 g/mol. The second-order valence-electron chi connectivity index (χ2n) is 12.0. The van der Waals surface area contributed by atoms with Gasteiger partial charge in [-0.25, -0.2) is 19.2 Å². The van der Waals surface area contributed by atoms with Crippen LogP contribution < -0.4 is 16.1 Å². The van der Waals surface area contributed by atoms with Gasteiger partial charge in [-0.3, -0.25) is 28.4 Å². The van der Waals surface area contributed by atoms with Gasteiger partial charge in [0.25, 0.3) is 17.4 Å². The maximum atomic E-state index is 13.7. The number of H-pyrrole nitrogens is 1. The first-order chi connectivity index (χ1) is 22.8. The summed E-state index contributed by atoms with van der Waals surface area (Å²) < 4.78 is 16.5. The minimum absolute atomic E-state index is 0.0198. The molecule has 0 atom stereocenters. The molecule has 11 nitrogen and oxygen atoms in total. The van der Waals surface area contributed by atoms with E-state index in [4.69, 9.17) is 0 Å². The van der Waals surface area contributed by atoms with Gasteiger partial charge in [0, 0.05) is 55.1 Å². The Morgan fingerprint density at radius 1 is 1.02 bits per heavy atom. The van der Waals surface area contributed by atoms with E-state index in [1.807, 2.05) is 31.2 Å². The van der Waals surface area contributed by atoms with Crippen LogP contribution in [0.4, 0.5) is 10.2 Å². The fraction of sp³-hybridized carbons (Fsp3) is 0.314. The molecule has 47 heavy (non-hydrogen) atoms. The number of aromatic amines is 1. The molecule has 0 radical (unpaired) electrons. The van der Waals surface area contributed by atoms with Gasteiger partial charge in [0.2, 0.25) is 0 Å². The zero-order chi connectivity index (χ0) is 32.7. The maximum Gasteiger partial charge on any atom is 0.332 e. The highest BCUT2D eigenvalue weighted by Crippen LogP contribution is 2.35. The van der Waals surface area contributed by atoms with Crippen LogP contribution in [0.5, 0.6) is 0 Å². The lowest BCUT2D eigenvalue weighted by atomic mass is 9.99. The highest BCUT2D eigenvalue weighted by molar-refractivity contribution is 6.05. The molecule has 5 aromatic rings. The third kappa shape index (κ3) is 5.75. The van der Waals surface area contributed by atoms with Crippen LogP contribution in [0.1, 0.15) is 64.9 Å². The summed E-state index contributed by atoms with van der Waals surface area (Å²) in [7, 11) is 0. The average Bonchev–Trinajstić information content (AvgIpc) is 3.83. The Morgan fingerprint density at radius 2 is 1.81 bits per heavy atom. The van der Waals surface area contributed by atoms with E-state index >= 15 is 0 Å². The lowest BCUT2D eigenvalue weighted by Gasteiger charge is -2.29. The van der Waals surface area contributed by atoms with Crippen LogP contribution in [-0.2, 0) is 13.0 Å². The molecule has 1 aliphatic heterocycles. The fourth-order valence-electron chi connectivity index (χ4n) is 6.21. The van der Waals surface area contributed by atoms with E-state index in [1.54, 1.807) is 27.8 Å². The van der Waals surface area contributed by atoms with Crippen molar-refractivity contribution >= 4 is 28.8 Å². The molecule has 2 aliphatic rings. The van der Waals surface area contributed by atoms with Crippen LogP contribution in [0.3, 0.4) is 0 Å². The molecule has 1 N–H and O–H groups in total. The zero-order valence-electron chi connectivity index (χ0n) is 26.0. The second-order valence-corrected chi connectivity index (χ2v) is 12.0. The van der Waals surface area contributed by atoms with Crippen LogP contribution >= 0.6 is 0 Å². The monoisotopic (exact) mass is 635 g/mol. The molecule has 0 bridgehead atoms. The predicted molar refractivity (Wildman–Crippen MR) is 175 cm³/mol. The van der Waals surface area contributed by atoms with Gasteiger partial charge in [0.1, 0.15) is 23.0 Å². The number of imidazole rings is 1. The Kier molecular flexibility index (Phi) is 8.00. The summed E-state index contributed by atoms with van der Waals surface area (Å²) >= 11 is 0. The van der Waals surface area contributed by atoms with Gasteiger partial charge >= 0.3 is 5.69 Å². The number of nitrogens with one attached hydrogen (secondary N) is 1. The normalized spacial score (nSPS) is 14.4. The fourth-order valence-corrected chi connectivity index (χ4v) is 6.21. The predicted octanol–water partition coefficient (Wildman–Crippen LogP) is 4.57. The summed E-state index contributed by atoms with van der Waals surface area (Å²) in [5.41, 5.74) is 2.48. The molecule has 0 saturated heterocycles. The van der Waals surface area contributed by atoms with Crippen molar-refractivity contribution in [2.24, 2.45) is 0 Å². The summed E-state index contributed by atoms with van der Waals surface area (Å²) in [4.78, 5) is 68.9. The third-order valence-electron chi connectivity index (χ3n) is 8.80. The Bertz CT molecular complexity index is 2100. The Morgan fingerprint density at radius 3 is 2.53 bits per heavy atom. The van der Waals surface area contributed by atoms with E-state index in [-0.39, 0.29) is 35.6 Å². The van der Waals surface area contributed by atoms with Crippen LogP contribution in [0.25, 0.3) is 22.6 Å². The number of pyridine rings is 1. The Labute approximate surface area is 269 Å². The Balaban J connectivity index is 1.16. The minimum atomic E-state index is -0.445. The Hall–Kier alpha value is -5.39. The van der Waals surface area contributed by atoms with Crippen LogP contribution in [0, 0.1) is 5.82 Å². The highest BCUT2D eigenvalue weighted by Gasteiger charge is 2.30. The number of hydrogen-bond acceptors (Lipinski definition) is 6. The first-order valence-corrected chi connectivity index (χ1v) is 16.0. The van der Waals surface area contributed by atoms with Gasteiger partial charge in [-0.15, -0.1) is 0 Å². The smallest absolute Gasteiger partial charge is 0.332 e. The topological polar surface area (TPSA) is 126 Å². The average molecular weight is 636 g/mol. The summed E-state index contributed by atoms with van der Waals surface area (Å²) in [6, 6.07) is 16.4. The van der Waals surface area contributed by atoms with Crippen LogP contribution in [0.2, 0.25) is 0 Å². The van der Waals surface area contributed by atoms with Gasteiger partial charge in [-0.1, -0.05) is 25.1 Å². The summed E-state index contributed by atoms with van der Waals surface area (Å²) in [6.45, 7) is 3.56. The first-order valence-electron chi connectivity index (χ1n) is 16.0. The third-order valence-corrected chi connectivity index (χ3v) is 8.80. The van der Waals surface area contributed by atoms with E-state index in [0.29, 0.717) is 66.5 Å². The second kappa shape index (κ2) is 12.4. The van der Waals surface area contributed by atoms with Gasteiger partial charge in [0.15, 0.2) is 5.65 Å². The molecule has 2 amide bonds. The molecule has 1 saturated carbocycles. The van der Waals surface area contributed by atoms with Crippen molar-refractivity contribution in [1.29, 1.82) is 0 Å². The van der Waals surface area contributed by atoms with Crippen molar-refractivity contribution in [3.8, 4) is 11.4 Å². The molecule has 0 spiro atoms. The number of fused-ring (bicyclic) bond motifs is 2. The molecule has 7 rings (SSSR count). The quantitative estimate of drug-likeness (QED) is 0.240. The van der Waals surface area contributed by atoms with Crippen molar-refractivity contribution < 1.29 is 14.0 Å². The van der Waals surface area contributed by atoms with E-state index < -0.39 is 11.4 Å². The number of anilines is 1. The van der Waals surface area contributed by atoms with Gasteiger partial charge in [-0.2, -0.15) is 0 Å². The van der Waals surface area contributed by atoms with Crippen molar-refractivity contribution in [2.45, 2.75) is 51.6 Å². The number of aromatic nitrogens is 5. The van der Waals surface area contributed by atoms with Gasteiger partial charge in [-0.05, 0) is 80.1 Å². The van der Waals surface area contributed by atoms with Crippen molar-refractivity contribution in [1.82, 2.24) is 29.0 Å². The van der Waals surface area contributed by atoms with Crippen LogP contribution in [0.15, 0.2) is 76.4 Å². The molecule has 240 valence electrons. The molecule has 0 unspecified atom stereocenters. The lowest BCUT2D eigenvalue weighted by molar-refractivity contribution is 0.0738.